The molecule has 0 bridgehead atoms. The number of phenolic OH excluding ortho intramolecular Hbond substituents is 1. The molecule has 2 amide bonds. The third kappa shape index (κ3) is 1.56. The van der Waals surface area contributed by atoms with Crippen molar-refractivity contribution in [1.29, 1.82) is 5.41 Å². The number of nitrogens with one attached hydrogen (secondary N) is 2. The van der Waals surface area contributed by atoms with Gasteiger partial charge in [-0.15, -0.1) is 0 Å². The molecule has 1 fully saturated rings. The van der Waals surface area contributed by atoms with E-state index in [-0.39, 0.29) is 24.2 Å². The number of benzene rings is 1. The first-order valence-electron chi connectivity index (χ1n) is 6.22. The second-order valence-corrected chi connectivity index (χ2v) is 4.78. The molecule has 1 aromatic carbocycles. The van der Waals surface area contributed by atoms with Crippen molar-refractivity contribution in [1.82, 2.24) is 10.2 Å². The highest BCUT2D eigenvalue weighted by Gasteiger charge is 2.56. The topological polar surface area (TPSA) is 94.9 Å². The highest BCUT2D eigenvalue weighted by Crippen LogP contribution is 2.45. The van der Waals surface area contributed by atoms with Crippen molar-refractivity contribution >= 4 is 11.9 Å². The number of aromatic hydroxyl groups is 1. The summed E-state index contributed by atoms with van der Waals surface area (Å²) in [5.74, 6) is 0.671. The number of rotatable bonds is 3. The molecule has 7 heteroatoms. The van der Waals surface area contributed by atoms with Gasteiger partial charge in [-0.1, -0.05) is 0 Å². The van der Waals surface area contributed by atoms with Gasteiger partial charge in [0, 0.05) is 25.3 Å². The van der Waals surface area contributed by atoms with Crippen molar-refractivity contribution < 1.29 is 19.4 Å². The Bertz CT molecular complexity index is 589. The Morgan fingerprint density at radius 2 is 2.40 bits per heavy atom. The minimum absolute atomic E-state index is 0.0862. The van der Waals surface area contributed by atoms with Gasteiger partial charge in [-0.05, 0) is 12.1 Å². The first-order chi connectivity index (χ1) is 9.59. The van der Waals surface area contributed by atoms with Crippen molar-refractivity contribution in [3.63, 3.8) is 0 Å². The number of carbonyl (C=O) groups excluding carboxylic acids is 1. The van der Waals surface area contributed by atoms with E-state index in [4.69, 9.17) is 14.9 Å². The number of phenols is 1. The summed E-state index contributed by atoms with van der Waals surface area (Å²) in [6, 6.07) is 4.37. The van der Waals surface area contributed by atoms with Crippen LogP contribution in [0.4, 0.5) is 4.79 Å². The minimum atomic E-state index is -0.946. The Labute approximate surface area is 115 Å². The Morgan fingerprint density at radius 1 is 1.60 bits per heavy atom. The van der Waals surface area contributed by atoms with Crippen LogP contribution in [0.1, 0.15) is 5.56 Å². The maximum Gasteiger partial charge on any atom is 0.324 e. The number of methoxy groups -OCH3 is 1. The van der Waals surface area contributed by atoms with Gasteiger partial charge in [-0.2, -0.15) is 0 Å². The highest BCUT2D eigenvalue weighted by atomic mass is 16.5. The molecule has 2 heterocycles. The molecule has 7 nitrogen and oxygen atoms in total. The largest absolute Gasteiger partial charge is 0.508 e. The molecule has 106 valence electrons. The Morgan fingerprint density at radius 3 is 3.15 bits per heavy atom. The molecule has 1 atom stereocenters. The van der Waals surface area contributed by atoms with Crippen LogP contribution in [-0.2, 0) is 10.3 Å². The maximum absolute atomic E-state index is 12.0. The molecule has 0 saturated carbocycles. The SMILES string of the molecule is COCCN1C(=O)NC(=N)C12COc1cc(O)ccc12. The third-order valence-corrected chi connectivity index (χ3v) is 3.72. The molecule has 0 radical (unpaired) electrons. The van der Waals surface area contributed by atoms with Crippen molar-refractivity contribution in [2.45, 2.75) is 5.54 Å². The number of fused-ring (bicyclic) bond motifs is 2. The first kappa shape index (κ1) is 12.7. The van der Waals surface area contributed by atoms with E-state index in [9.17, 15) is 9.90 Å². The number of hydrogen-bond donors (Lipinski definition) is 3. The van der Waals surface area contributed by atoms with E-state index in [1.807, 2.05) is 0 Å². The number of carbonyl (C=O) groups is 1. The van der Waals surface area contributed by atoms with E-state index in [1.54, 1.807) is 18.1 Å². The molecule has 2 aliphatic rings. The summed E-state index contributed by atoms with van der Waals surface area (Å²) in [4.78, 5) is 13.6. The summed E-state index contributed by atoms with van der Waals surface area (Å²) in [6.07, 6.45) is 0. The molecular weight excluding hydrogens is 262 g/mol. The summed E-state index contributed by atoms with van der Waals surface area (Å²) in [5.41, 5.74) is -0.242. The van der Waals surface area contributed by atoms with Gasteiger partial charge in [0.2, 0.25) is 0 Å². The lowest BCUT2D eigenvalue weighted by Crippen LogP contribution is -2.49. The maximum atomic E-state index is 12.0. The summed E-state index contributed by atoms with van der Waals surface area (Å²) < 4.78 is 10.6. The van der Waals surface area contributed by atoms with Crippen molar-refractivity contribution in [3.8, 4) is 11.5 Å². The first-order valence-corrected chi connectivity index (χ1v) is 6.22. The standard InChI is InChI=1S/C13H15N3O4/c1-19-5-4-16-12(18)15-11(14)13(16)7-20-10-6-8(17)2-3-9(10)13/h2-3,6,17H,4-5,7H2,1H3,(H2,14,15,18). The monoisotopic (exact) mass is 277 g/mol. The van der Waals surface area contributed by atoms with Crippen molar-refractivity contribution in [3.05, 3.63) is 23.8 Å². The van der Waals surface area contributed by atoms with Crippen LogP contribution in [0.2, 0.25) is 0 Å². The van der Waals surface area contributed by atoms with Crippen LogP contribution in [-0.4, -0.2) is 48.7 Å². The van der Waals surface area contributed by atoms with Crippen LogP contribution in [0.3, 0.4) is 0 Å². The summed E-state index contributed by atoms with van der Waals surface area (Å²) >= 11 is 0. The van der Waals surface area contributed by atoms with Gasteiger partial charge in [-0.3, -0.25) is 10.7 Å². The zero-order chi connectivity index (χ0) is 14.3. The number of hydrogen-bond acceptors (Lipinski definition) is 5. The number of nitrogens with zero attached hydrogens (tertiary/aromatic N) is 1. The summed E-state index contributed by atoms with van der Waals surface area (Å²) in [6.45, 7) is 0.886. The normalized spacial score (nSPS) is 23.9. The third-order valence-electron chi connectivity index (χ3n) is 3.72. The fourth-order valence-electron chi connectivity index (χ4n) is 2.72. The lowest BCUT2D eigenvalue weighted by atomic mass is 9.90. The van der Waals surface area contributed by atoms with E-state index in [2.05, 4.69) is 5.32 Å². The highest BCUT2D eigenvalue weighted by molar-refractivity contribution is 6.09. The van der Waals surface area contributed by atoms with Gasteiger partial charge in [-0.25, -0.2) is 4.79 Å². The summed E-state index contributed by atoms with van der Waals surface area (Å²) in [7, 11) is 1.56. The predicted molar refractivity (Wildman–Crippen MR) is 70.1 cm³/mol. The average Bonchev–Trinajstić information content (AvgIpc) is 2.89. The smallest absolute Gasteiger partial charge is 0.324 e. The molecule has 2 aliphatic heterocycles. The molecule has 20 heavy (non-hydrogen) atoms. The van der Waals surface area contributed by atoms with Crippen LogP contribution in [0.15, 0.2) is 18.2 Å². The number of amides is 2. The van der Waals surface area contributed by atoms with Gasteiger partial charge in [0.15, 0.2) is 5.54 Å². The van der Waals surface area contributed by atoms with Gasteiger partial charge in [0.05, 0.1) is 6.61 Å². The van der Waals surface area contributed by atoms with Crippen LogP contribution in [0.5, 0.6) is 11.5 Å². The predicted octanol–water partition coefficient (Wildman–Crippen LogP) is 0.629. The second-order valence-electron chi connectivity index (χ2n) is 4.78. The lowest BCUT2D eigenvalue weighted by Gasteiger charge is -2.31. The zero-order valence-electron chi connectivity index (χ0n) is 11.0. The molecule has 0 aromatic heterocycles. The van der Waals surface area contributed by atoms with E-state index in [0.29, 0.717) is 24.5 Å². The molecule has 1 spiro atoms. The molecular formula is C13H15N3O4. The number of amidine groups is 1. The van der Waals surface area contributed by atoms with Crippen LogP contribution in [0.25, 0.3) is 0 Å². The van der Waals surface area contributed by atoms with Gasteiger partial charge in [0.25, 0.3) is 0 Å². The quantitative estimate of drug-likeness (QED) is 0.755. The fourth-order valence-corrected chi connectivity index (χ4v) is 2.72. The molecule has 1 saturated heterocycles. The molecule has 0 aliphatic carbocycles. The van der Waals surface area contributed by atoms with Crippen LogP contribution in [0, 0.1) is 5.41 Å². The van der Waals surface area contributed by atoms with E-state index < -0.39 is 5.54 Å². The Kier molecular flexibility index (Phi) is 2.79. The molecule has 3 rings (SSSR count). The number of ether oxygens (including phenoxy) is 2. The van der Waals surface area contributed by atoms with Crippen molar-refractivity contribution in [2.24, 2.45) is 0 Å². The van der Waals surface area contributed by atoms with Crippen LogP contribution >= 0.6 is 0 Å². The van der Waals surface area contributed by atoms with E-state index >= 15 is 0 Å². The Balaban J connectivity index is 2.07. The lowest BCUT2D eigenvalue weighted by molar-refractivity contribution is 0.111. The second kappa shape index (κ2) is 4.38. The Hall–Kier alpha value is -2.28. The molecule has 1 unspecified atom stereocenters. The number of urea groups is 1. The van der Waals surface area contributed by atoms with Gasteiger partial charge < -0.3 is 19.5 Å². The molecule has 1 aromatic rings. The van der Waals surface area contributed by atoms with Gasteiger partial charge >= 0.3 is 6.03 Å². The summed E-state index contributed by atoms with van der Waals surface area (Å²) in [5, 5.41) is 20.2. The van der Waals surface area contributed by atoms with Crippen molar-refractivity contribution in [2.75, 3.05) is 26.9 Å². The zero-order valence-corrected chi connectivity index (χ0v) is 11.0. The minimum Gasteiger partial charge on any atom is -0.508 e. The fraction of sp³-hybridized carbons (Fsp3) is 0.385. The van der Waals surface area contributed by atoms with Crippen LogP contribution < -0.4 is 10.1 Å². The molecule has 3 N–H and O–H groups in total. The van der Waals surface area contributed by atoms with E-state index in [1.165, 1.54) is 12.1 Å². The van der Waals surface area contributed by atoms with Gasteiger partial charge in [0.1, 0.15) is 23.9 Å². The average molecular weight is 277 g/mol. The van der Waals surface area contributed by atoms with E-state index in [0.717, 1.165) is 0 Å².